The summed E-state index contributed by atoms with van der Waals surface area (Å²) in [6.45, 7) is 0. The summed E-state index contributed by atoms with van der Waals surface area (Å²) >= 11 is 8.73. The summed E-state index contributed by atoms with van der Waals surface area (Å²) in [4.78, 5) is 36.8. The molecule has 0 spiro atoms. The average Bonchev–Trinajstić information content (AvgIpc) is 3.29. The van der Waals surface area contributed by atoms with Crippen molar-refractivity contribution in [1.29, 1.82) is 0 Å². The highest BCUT2D eigenvalue weighted by molar-refractivity contribution is 7.20. The molecule has 0 bridgehead atoms. The van der Waals surface area contributed by atoms with Gasteiger partial charge in [-0.05, 0) is 24.3 Å². The van der Waals surface area contributed by atoms with Gasteiger partial charge in [0, 0.05) is 18.2 Å². The van der Waals surface area contributed by atoms with Gasteiger partial charge < -0.3 is 10.3 Å². The summed E-state index contributed by atoms with van der Waals surface area (Å²) in [6, 6.07) is 10.8. The predicted octanol–water partition coefficient (Wildman–Crippen LogP) is 4.33. The van der Waals surface area contributed by atoms with Crippen LogP contribution in [0.2, 0.25) is 4.34 Å². The van der Waals surface area contributed by atoms with Crippen molar-refractivity contribution in [3.8, 4) is 10.6 Å². The van der Waals surface area contributed by atoms with Crippen molar-refractivity contribution in [2.24, 2.45) is 0 Å². The number of thiazole rings is 1. The van der Waals surface area contributed by atoms with Crippen LogP contribution < -0.4 is 10.9 Å². The summed E-state index contributed by atoms with van der Waals surface area (Å²) < 4.78 is 0.695. The predicted molar refractivity (Wildman–Crippen MR) is 110 cm³/mol. The maximum Gasteiger partial charge on any atom is 0.258 e. The van der Waals surface area contributed by atoms with Gasteiger partial charge in [0.2, 0.25) is 5.91 Å². The van der Waals surface area contributed by atoms with Crippen LogP contribution in [0.5, 0.6) is 0 Å². The number of nitrogens with zero attached hydrogens (tertiary/aromatic N) is 2. The maximum atomic E-state index is 12.2. The van der Waals surface area contributed by atoms with Crippen molar-refractivity contribution >= 4 is 56.2 Å². The molecule has 4 rings (SSSR count). The Bertz CT molecular complexity index is 1180. The molecule has 4 aromatic rings. The van der Waals surface area contributed by atoms with Crippen LogP contribution in [0.25, 0.3) is 21.5 Å². The largest absolute Gasteiger partial charge is 0.310 e. The maximum absolute atomic E-state index is 12.2. The standard InChI is InChI=1S/C18H13ClN4O2S2/c19-14-6-5-13(27-14)12-9-26-18(21-12)23-16(24)8-7-15-20-11-4-2-1-3-10(11)17(25)22-15/h1-6,9H,7-8H2,(H,20,22,25)(H,21,23,24). The number of H-pyrrole nitrogens is 1. The van der Waals surface area contributed by atoms with E-state index < -0.39 is 0 Å². The van der Waals surface area contributed by atoms with E-state index in [1.807, 2.05) is 23.6 Å². The number of benzene rings is 1. The van der Waals surface area contributed by atoms with Crippen LogP contribution in [0.15, 0.2) is 46.6 Å². The second-order valence-corrected chi connectivity index (χ2v) is 8.29. The molecule has 3 aromatic heterocycles. The van der Waals surface area contributed by atoms with Crippen LogP contribution in [-0.4, -0.2) is 20.9 Å². The van der Waals surface area contributed by atoms with E-state index in [-0.39, 0.29) is 17.9 Å². The molecule has 0 radical (unpaired) electrons. The SMILES string of the molecule is O=C(CCc1nc2ccccc2c(=O)[nH]1)Nc1nc(-c2ccc(Cl)s2)cs1. The Morgan fingerprint density at radius 2 is 2.04 bits per heavy atom. The van der Waals surface area contributed by atoms with Crippen molar-refractivity contribution in [3.05, 3.63) is 62.3 Å². The highest BCUT2D eigenvalue weighted by Gasteiger charge is 2.11. The highest BCUT2D eigenvalue weighted by atomic mass is 35.5. The fourth-order valence-corrected chi connectivity index (χ4v) is 4.37. The third kappa shape index (κ3) is 4.08. The van der Waals surface area contributed by atoms with Gasteiger partial charge in [0.25, 0.3) is 5.56 Å². The molecule has 1 aromatic carbocycles. The number of para-hydroxylation sites is 1. The quantitative estimate of drug-likeness (QED) is 0.506. The van der Waals surface area contributed by atoms with Crippen LogP contribution in [0.3, 0.4) is 0 Å². The van der Waals surface area contributed by atoms with Gasteiger partial charge in [-0.1, -0.05) is 23.7 Å². The lowest BCUT2D eigenvalue weighted by atomic mass is 10.2. The van der Waals surface area contributed by atoms with Crippen molar-refractivity contribution < 1.29 is 4.79 Å². The molecule has 0 aliphatic carbocycles. The number of amides is 1. The molecule has 27 heavy (non-hydrogen) atoms. The lowest BCUT2D eigenvalue weighted by Crippen LogP contribution is -2.16. The third-order valence-corrected chi connectivity index (χ3v) is 5.84. The van der Waals surface area contributed by atoms with E-state index in [9.17, 15) is 9.59 Å². The number of carbonyl (C=O) groups is 1. The summed E-state index contributed by atoms with van der Waals surface area (Å²) in [5.74, 6) is 0.304. The number of rotatable bonds is 5. The van der Waals surface area contributed by atoms with Crippen molar-refractivity contribution in [2.45, 2.75) is 12.8 Å². The number of halogens is 1. The van der Waals surface area contributed by atoms with E-state index in [1.165, 1.54) is 22.7 Å². The molecule has 0 atom stereocenters. The summed E-state index contributed by atoms with van der Waals surface area (Å²) in [5.41, 5.74) is 1.21. The van der Waals surface area contributed by atoms with Crippen molar-refractivity contribution in [1.82, 2.24) is 15.0 Å². The van der Waals surface area contributed by atoms with E-state index in [0.717, 1.165) is 10.6 Å². The fourth-order valence-electron chi connectivity index (χ4n) is 2.56. The lowest BCUT2D eigenvalue weighted by molar-refractivity contribution is -0.116. The Kier molecular flexibility index (Phi) is 5.02. The van der Waals surface area contributed by atoms with Gasteiger partial charge in [-0.2, -0.15) is 0 Å². The minimum absolute atomic E-state index is 0.184. The molecule has 0 fully saturated rings. The molecule has 1 amide bonds. The Morgan fingerprint density at radius 1 is 1.19 bits per heavy atom. The molecule has 3 heterocycles. The zero-order valence-corrected chi connectivity index (χ0v) is 16.2. The number of fused-ring (bicyclic) bond motifs is 1. The van der Waals surface area contributed by atoms with Gasteiger partial charge >= 0.3 is 0 Å². The number of hydrogen-bond donors (Lipinski definition) is 2. The molecule has 0 saturated heterocycles. The zero-order valence-electron chi connectivity index (χ0n) is 13.9. The molecule has 6 nitrogen and oxygen atoms in total. The Balaban J connectivity index is 1.40. The first-order valence-electron chi connectivity index (χ1n) is 8.07. The monoisotopic (exact) mass is 416 g/mol. The van der Waals surface area contributed by atoms with Gasteiger partial charge in [-0.25, -0.2) is 9.97 Å². The number of aromatic nitrogens is 3. The van der Waals surface area contributed by atoms with Gasteiger partial charge in [0.05, 0.1) is 25.8 Å². The van der Waals surface area contributed by atoms with E-state index in [1.54, 1.807) is 18.2 Å². The first-order valence-corrected chi connectivity index (χ1v) is 10.1. The summed E-state index contributed by atoms with van der Waals surface area (Å²) in [5, 5.41) is 5.72. The Labute approximate surface area is 166 Å². The normalized spacial score (nSPS) is 11.0. The Hall–Kier alpha value is -2.55. The number of anilines is 1. The number of aromatic amines is 1. The second-order valence-electron chi connectivity index (χ2n) is 5.72. The third-order valence-electron chi connectivity index (χ3n) is 3.83. The smallest absolute Gasteiger partial charge is 0.258 e. The van der Waals surface area contributed by atoms with Gasteiger partial charge in [-0.15, -0.1) is 22.7 Å². The highest BCUT2D eigenvalue weighted by Crippen LogP contribution is 2.32. The number of carbonyl (C=O) groups excluding carboxylic acids is 1. The fraction of sp³-hybridized carbons (Fsp3) is 0.111. The minimum Gasteiger partial charge on any atom is -0.310 e. The van der Waals surface area contributed by atoms with E-state index in [0.29, 0.717) is 32.6 Å². The molecular weight excluding hydrogens is 404 g/mol. The van der Waals surface area contributed by atoms with Gasteiger partial charge in [0.1, 0.15) is 5.82 Å². The number of thiophene rings is 1. The molecule has 2 N–H and O–H groups in total. The topological polar surface area (TPSA) is 87.7 Å². The first kappa shape index (κ1) is 17.8. The van der Waals surface area contributed by atoms with Crippen LogP contribution >= 0.6 is 34.3 Å². The second kappa shape index (κ2) is 7.59. The van der Waals surface area contributed by atoms with Crippen LogP contribution in [0.1, 0.15) is 12.2 Å². The molecule has 0 saturated carbocycles. The zero-order chi connectivity index (χ0) is 18.8. The van der Waals surface area contributed by atoms with Crippen molar-refractivity contribution in [2.75, 3.05) is 5.32 Å². The summed E-state index contributed by atoms with van der Waals surface area (Å²) in [6.07, 6.45) is 0.533. The average molecular weight is 417 g/mol. The molecule has 136 valence electrons. The molecular formula is C18H13ClN4O2S2. The van der Waals surface area contributed by atoms with E-state index in [4.69, 9.17) is 11.6 Å². The summed E-state index contributed by atoms with van der Waals surface area (Å²) in [7, 11) is 0. The first-order chi connectivity index (χ1) is 13.1. The van der Waals surface area contributed by atoms with Crippen molar-refractivity contribution in [3.63, 3.8) is 0 Å². The lowest BCUT2D eigenvalue weighted by Gasteiger charge is -2.03. The number of hydrogen-bond acceptors (Lipinski definition) is 6. The van der Waals surface area contributed by atoms with Crippen LogP contribution in [0.4, 0.5) is 5.13 Å². The molecule has 0 aliphatic heterocycles. The number of aryl methyl sites for hydroxylation is 1. The van der Waals surface area contributed by atoms with Crippen LogP contribution in [0, 0.1) is 0 Å². The van der Waals surface area contributed by atoms with Gasteiger partial charge in [0.15, 0.2) is 5.13 Å². The Morgan fingerprint density at radius 3 is 2.85 bits per heavy atom. The van der Waals surface area contributed by atoms with Gasteiger partial charge in [-0.3, -0.25) is 9.59 Å². The van der Waals surface area contributed by atoms with Crippen LogP contribution in [-0.2, 0) is 11.2 Å². The van der Waals surface area contributed by atoms with E-state index in [2.05, 4.69) is 20.3 Å². The van der Waals surface area contributed by atoms with E-state index >= 15 is 0 Å². The molecule has 0 unspecified atom stereocenters. The number of nitrogens with one attached hydrogen (secondary N) is 2. The molecule has 0 aliphatic rings. The minimum atomic E-state index is -0.199. The molecule has 9 heteroatoms.